The average Bonchev–Trinajstić information content (AvgIpc) is 3.33. The summed E-state index contributed by atoms with van der Waals surface area (Å²) in [7, 11) is 0. The van der Waals surface area contributed by atoms with Crippen LogP contribution in [0.25, 0.3) is 0 Å². The lowest BCUT2D eigenvalue weighted by Gasteiger charge is -2.37. The van der Waals surface area contributed by atoms with Crippen LogP contribution in [0.1, 0.15) is 36.1 Å². The Kier molecular flexibility index (Phi) is 4.44. The summed E-state index contributed by atoms with van der Waals surface area (Å²) in [5, 5.41) is 1.54. The zero-order valence-corrected chi connectivity index (χ0v) is 16.2. The predicted octanol–water partition coefficient (Wildman–Crippen LogP) is 4.46. The van der Waals surface area contributed by atoms with Crippen molar-refractivity contribution in [2.45, 2.75) is 37.1 Å². The predicted molar refractivity (Wildman–Crippen MR) is 108 cm³/mol. The Bertz CT molecular complexity index is 882. The molecule has 0 bridgehead atoms. The minimum absolute atomic E-state index is 0.196. The van der Waals surface area contributed by atoms with Crippen LogP contribution in [0.2, 0.25) is 0 Å². The first-order valence-corrected chi connectivity index (χ1v) is 10.6. The SMILES string of the molecule is CC(c1ccc2c(c1)OCC2)N1CCC2N=C(c3ccc(F)cc3)SC2C1. The van der Waals surface area contributed by atoms with E-state index in [1.54, 1.807) is 0 Å². The largest absolute Gasteiger partial charge is 0.493 e. The number of nitrogens with zero attached hydrogens (tertiary/aromatic N) is 2. The van der Waals surface area contributed by atoms with Gasteiger partial charge in [0.1, 0.15) is 11.6 Å². The summed E-state index contributed by atoms with van der Waals surface area (Å²) in [6.07, 6.45) is 2.10. The van der Waals surface area contributed by atoms with Crippen molar-refractivity contribution in [2.75, 3.05) is 19.7 Å². The number of ether oxygens (including phenoxy) is 1. The molecule has 2 aromatic carbocycles. The molecule has 0 N–H and O–H groups in total. The van der Waals surface area contributed by atoms with Gasteiger partial charge in [-0.25, -0.2) is 4.39 Å². The van der Waals surface area contributed by atoms with Gasteiger partial charge in [0, 0.05) is 36.4 Å². The van der Waals surface area contributed by atoms with Crippen LogP contribution >= 0.6 is 11.8 Å². The zero-order chi connectivity index (χ0) is 18.4. The van der Waals surface area contributed by atoms with Gasteiger partial charge in [0.25, 0.3) is 0 Å². The van der Waals surface area contributed by atoms with Gasteiger partial charge in [0.05, 0.1) is 17.7 Å². The van der Waals surface area contributed by atoms with Crippen LogP contribution in [-0.2, 0) is 6.42 Å². The van der Waals surface area contributed by atoms with Gasteiger partial charge in [-0.2, -0.15) is 0 Å². The number of benzene rings is 2. The van der Waals surface area contributed by atoms with Crippen molar-refractivity contribution in [3.63, 3.8) is 0 Å². The zero-order valence-electron chi connectivity index (χ0n) is 15.4. The van der Waals surface area contributed by atoms with Crippen molar-refractivity contribution >= 4 is 16.8 Å². The molecule has 27 heavy (non-hydrogen) atoms. The number of fused-ring (bicyclic) bond motifs is 2. The van der Waals surface area contributed by atoms with Gasteiger partial charge in [-0.15, -0.1) is 0 Å². The third-order valence-electron chi connectivity index (χ3n) is 5.94. The fourth-order valence-electron chi connectivity index (χ4n) is 4.26. The molecule has 3 atom stereocenters. The molecule has 0 aromatic heterocycles. The van der Waals surface area contributed by atoms with E-state index in [9.17, 15) is 4.39 Å². The normalized spacial score (nSPS) is 25.5. The summed E-state index contributed by atoms with van der Waals surface area (Å²) < 4.78 is 18.9. The molecule has 0 amide bonds. The van der Waals surface area contributed by atoms with Crippen LogP contribution in [0.3, 0.4) is 0 Å². The third kappa shape index (κ3) is 3.27. The second kappa shape index (κ2) is 6.95. The van der Waals surface area contributed by atoms with Crippen molar-refractivity contribution in [2.24, 2.45) is 4.99 Å². The van der Waals surface area contributed by atoms with Crippen LogP contribution in [-0.4, -0.2) is 40.9 Å². The summed E-state index contributed by atoms with van der Waals surface area (Å²) in [6, 6.07) is 14.2. The van der Waals surface area contributed by atoms with E-state index in [4.69, 9.17) is 9.73 Å². The number of thioether (sulfide) groups is 1. The highest BCUT2D eigenvalue weighted by molar-refractivity contribution is 8.15. The minimum Gasteiger partial charge on any atom is -0.493 e. The topological polar surface area (TPSA) is 24.8 Å². The molecule has 1 fully saturated rings. The van der Waals surface area contributed by atoms with E-state index in [-0.39, 0.29) is 5.82 Å². The monoisotopic (exact) mass is 382 g/mol. The number of hydrogen-bond acceptors (Lipinski definition) is 4. The lowest BCUT2D eigenvalue weighted by molar-refractivity contribution is 0.170. The summed E-state index contributed by atoms with van der Waals surface area (Å²) in [5.74, 6) is 0.865. The van der Waals surface area contributed by atoms with E-state index in [2.05, 4.69) is 30.0 Å². The number of halogens is 1. The van der Waals surface area contributed by atoms with Gasteiger partial charge < -0.3 is 4.74 Å². The van der Waals surface area contributed by atoms with Crippen molar-refractivity contribution in [1.82, 2.24) is 4.90 Å². The number of piperidine rings is 1. The first kappa shape index (κ1) is 17.3. The van der Waals surface area contributed by atoms with Crippen LogP contribution in [0.5, 0.6) is 5.75 Å². The van der Waals surface area contributed by atoms with Crippen molar-refractivity contribution in [1.29, 1.82) is 0 Å². The molecule has 1 saturated heterocycles. The molecule has 5 heteroatoms. The molecule has 3 heterocycles. The number of likely N-dealkylation sites (tertiary alicyclic amines) is 1. The molecule has 3 aliphatic heterocycles. The Morgan fingerprint density at radius 1 is 1.22 bits per heavy atom. The van der Waals surface area contributed by atoms with Gasteiger partial charge in [0.2, 0.25) is 0 Å². The van der Waals surface area contributed by atoms with Crippen LogP contribution < -0.4 is 4.74 Å². The Hall–Kier alpha value is -1.85. The van der Waals surface area contributed by atoms with E-state index in [0.717, 1.165) is 48.9 Å². The average molecular weight is 383 g/mol. The molecule has 3 nitrogen and oxygen atoms in total. The maximum absolute atomic E-state index is 13.2. The Balaban J connectivity index is 1.28. The molecule has 140 valence electrons. The van der Waals surface area contributed by atoms with E-state index in [1.807, 2.05) is 23.9 Å². The van der Waals surface area contributed by atoms with Gasteiger partial charge in [0.15, 0.2) is 0 Å². The lowest BCUT2D eigenvalue weighted by Crippen LogP contribution is -2.43. The standard InChI is InChI=1S/C22H23FN2OS/c1-14(17-3-2-15-9-11-26-20(15)12-17)25-10-8-19-21(13-25)27-22(24-19)16-4-6-18(23)7-5-16/h2-7,12,14,19,21H,8-11,13H2,1H3. The molecule has 2 aromatic rings. The second-order valence-electron chi connectivity index (χ2n) is 7.59. The molecule has 5 rings (SSSR count). The van der Waals surface area contributed by atoms with Crippen LogP contribution in [0.15, 0.2) is 47.5 Å². The van der Waals surface area contributed by atoms with Gasteiger partial charge in [-0.1, -0.05) is 23.9 Å². The number of aliphatic imine (C=N–C) groups is 1. The molecule has 3 aliphatic rings. The first-order chi connectivity index (χ1) is 13.2. The highest BCUT2D eigenvalue weighted by atomic mass is 32.2. The lowest BCUT2D eigenvalue weighted by atomic mass is 9.99. The van der Waals surface area contributed by atoms with E-state index >= 15 is 0 Å². The van der Waals surface area contributed by atoms with E-state index in [0.29, 0.717) is 17.3 Å². The van der Waals surface area contributed by atoms with Crippen molar-refractivity contribution < 1.29 is 9.13 Å². The summed E-state index contributed by atoms with van der Waals surface area (Å²) in [6.45, 7) is 5.18. The fraction of sp³-hybridized carbons (Fsp3) is 0.409. The maximum atomic E-state index is 13.2. The van der Waals surface area contributed by atoms with Crippen molar-refractivity contribution in [3.05, 3.63) is 65.0 Å². The fourth-order valence-corrected chi connectivity index (χ4v) is 5.63. The van der Waals surface area contributed by atoms with E-state index < -0.39 is 0 Å². The summed E-state index contributed by atoms with van der Waals surface area (Å²) in [5.41, 5.74) is 3.69. The van der Waals surface area contributed by atoms with Gasteiger partial charge in [-0.05, 0) is 54.8 Å². The van der Waals surface area contributed by atoms with Gasteiger partial charge >= 0.3 is 0 Å². The van der Waals surface area contributed by atoms with E-state index in [1.165, 1.54) is 23.3 Å². The minimum atomic E-state index is -0.196. The summed E-state index contributed by atoms with van der Waals surface area (Å²) >= 11 is 1.85. The molecule has 0 saturated carbocycles. The molecule has 3 unspecified atom stereocenters. The molecule has 0 radical (unpaired) electrons. The number of hydrogen-bond donors (Lipinski definition) is 0. The molecular formula is C22H23FN2OS. The highest BCUT2D eigenvalue weighted by Gasteiger charge is 2.37. The maximum Gasteiger partial charge on any atom is 0.123 e. The second-order valence-corrected chi connectivity index (χ2v) is 8.82. The molecule has 0 spiro atoms. The van der Waals surface area contributed by atoms with Gasteiger partial charge in [-0.3, -0.25) is 9.89 Å². The Labute approximate surface area is 163 Å². The van der Waals surface area contributed by atoms with Crippen LogP contribution in [0, 0.1) is 5.82 Å². The van der Waals surface area contributed by atoms with Crippen molar-refractivity contribution in [3.8, 4) is 5.75 Å². The smallest absolute Gasteiger partial charge is 0.123 e. The number of rotatable bonds is 3. The Morgan fingerprint density at radius 3 is 2.93 bits per heavy atom. The quantitative estimate of drug-likeness (QED) is 0.784. The highest BCUT2D eigenvalue weighted by Crippen LogP contribution is 2.38. The third-order valence-corrected chi connectivity index (χ3v) is 7.27. The first-order valence-electron chi connectivity index (χ1n) is 9.67. The molecular weight excluding hydrogens is 359 g/mol. The summed E-state index contributed by atoms with van der Waals surface area (Å²) in [4.78, 5) is 7.50. The Morgan fingerprint density at radius 2 is 2.07 bits per heavy atom. The molecule has 0 aliphatic carbocycles. The van der Waals surface area contributed by atoms with Crippen LogP contribution in [0.4, 0.5) is 4.39 Å².